The van der Waals surface area contributed by atoms with Crippen LogP contribution >= 0.6 is 0 Å². The van der Waals surface area contributed by atoms with Crippen LogP contribution in [0, 0.1) is 6.92 Å². The van der Waals surface area contributed by atoms with Crippen LogP contribution in [0.5, 0.6) is 5.75 Å². The van der Waals surface area contributed by atoms with Crippen molar-refractivity contribution < 1.29 is 9.90 Å². The summed E-state index contributed by atoms with van der Waals surface area (Å²) in [5, 5.41) is 9.16. The zero-order valence-corrected chi connectivity index (χ0v) is 10.1. The van der Waals surface area contributed by atoms with Gasteiger partial charge in [0.2, 0.25) is 0 Å². The summed E-state index contributed by atoms with van der Waals surface area (Å²) in [7, 11) is 0. The van der Waals surface area contributed by atoms with Gasteiger partial charge in [-0.1, -0.05) is 42.5 Å². The molecule has 2 rings (SSSR count). The van der Waals surface area contributed by atoms with E-state index >= 15 is 0 Å². The predicted molar refractivity (Wildman–Crippen MR) is 72.7 cm³/mol. The SMILES string of the molecule is Cc1ccccc1C(=O)/C=C/c1ccc(O)cc1. The molecule has 0 saturated carbocycles. The van der Waals surface area contributed by atoms with Gasteiger partial charge in [0.05, 0.1) is 0 Å². The molecule has 0 atom stereocenters. The standard InChI is InChI=1S/C16H14O2/c1-12-4-2-3-5-15(12)16(18)11-8-13-6-9-14(17)10-7-13/h2-11,17H,1H3/b11-8+. The second kappa shape index (κ2) is 5.32. The van der Waals surface area contributed by atoms with E-state index < -0.39 is 0 Å². The van der Waals surface area contributed by atoms with Crippen molar-refractivity contribution in [3.8, 4) is 5.75 Å². The highest BCUT2D eigenvalue weighted by molar-refractivity contribution is 6.07. The Hall–Kier alpha value is -2.35. The molecule has 2 aromatic carbocycles. The summed E-state index contributed by atoms with van der Waals surface area (Å²) in [4.78, 5) is 12.0. The number of benzene rings is 2. The summed E-state index contributed by atoms with van der Waals surface area (Å²) in [6.07, 6.45) is 3.29. The topological polar surface area (TPSA) is 37.3 Å². The van der Waals surface area contributed by atoms with Crippen molar-refractivity contribution in [3.63, 3.8) is 0 Å². The molecular formula is C16H14O2. The lowest BCUT2D eigenvalue weighted by Crippen LogP contribution is -1.96. The zero-order chi connectivity index (χ0) is 13.0. The Labute approximate surface area is 106 Å². The molecule has 1 N–H and O–H groups in total. The van der Waals surface area contributed by atoms with E-state index in [4.69, 9.17) is 5.11 Å². The van der Waals surface area contributed by atoms with Crippen LogP contribution in [0.15, 0.2) is 54.6 Å². The number of allylic oxidation sites excluding steroid dienone is 1. The minimum absolute atomic E-state index is 0.0128. The Morgan fingerprint density at radius 2 is 1.72 bits per heavy atom. The summed E-state index contributed by atoms with van der Waals surface area (Å²) in [6.45, 7) is 1.92. The molecule has 2 heteroatoms. The lowest BCUT2D eigenvalue weighted by molar-refractivity contribution is 0.104. The highest BCUT2D eigenvalue weighted by Crippen LogP contribution is 2.13. The Balaban J connectivity index is 2.17. The molecule has 0 fully saturated rings. The number of rotatable bonds is 3. The number of hydrogen-bond acceptors (Lipinski definition) is 2. The van der Waals surface area contributed by atoms with Crippen molar-refractivity contribution in [2.45, 2.75) is 6.92 Å². The fourth-order valence-corrected chi connectivity index (χ4v) is 1.70. The average molecular weight is 238 g/mol. The Morgan fingerprint density at radius 1 is 1.06 bits per heavy atom. The van der Waals surface area contributed by atoms with E-state index in [9.17, 15) is 4.79 Å². The van der Waals surface area contributed by atoms with Crippen LogP contribution in [0.2, 0.25) is 0 Å². The summed E-state index contributed by atoms with van der Waals surface area (Å²) >= 11 is 0. The van der Waals surface area contributed by atoms with Gasteiger partial charge < -0.3 is 5.11 Å². The van der Waals surface area contributed by atoms with Crippen molar-refractivity contribution >= 4 is 11.9 Å². The fourth-order valence-electron chi connectivity index (χ4n) is 1.70. The van der Waals surface area contributed by atoms with Gasteiger partial charge in [0.15, 0.2) is 5.78 Å². The molecule has 90 valence electrons. The van der Waals surface area contributed by atoms with E-state index in [-0.39, 0.29) is 11.5 Å². The molecule has 0 aromatic heterocycles. The highest BCUT2D eigenvalue weighted by Gasteiger charge is 2.03. The normalized spacial score (nSPS) is 10.7. The number of phenols is 1. The van der Waals surface area contributed by atoms with E-state index in [1.807, 2.05) is 31.2 Å². The number of ketones is 1. The van der Waals surface area contributed by atoms with Crippen molar-refractivity contribution in [1.82, 2.24) is 0 Å². The van der Waals surface area contributed by atoms with Crippen LogP contribution in [0.25, 0.3) is 6.08 Å². The zero-order valence-electron chi connectivity index (χ0n) is 10.1. The molecule has 0 aliphatic rings. The first-order valence-electron chi connectivity index (χ1n) is 5.74. The lowest BCUT2D eigenvalue weighted by Gasteiger charge is -2.00. The molecule has 0 unspecified atom stereocenters. The van der Waals surface area contributed by atoms with Crippen LogP contribution in [0.1, 0.15) is 21.5 Å². The third-order valence-electron chi connectivity index (χ3n) is 2.73. The van der Waals surface area contributed by atoms with Crippen LogP contribution in [0.4, 0.5) is 0 Å². The fraction of sp³-hybridized carbons (Fsp3) is 0.0625. The van der Waals surface area contributed by atoms with Crippen molar-refractivity contribution in [1.29, 1.82) is 0 Å². The number of carbonyl (C=O) groups excluding carboxylic acids is 1. The van der Waals surface area contributed by atoms with Crippen LogP contribution in [-0.4, -0.2) is 10.9 Å². The van der Waals surface area contributed by atoms with Gasteiger partial charge in [-0.05, 0) is 36.3 Å². The number of phenolic OH excluding ortho intramolecular Hbond substituents is 1. The molecule has 0 heterocycles. The van der Waals surface area contributed by atoms with Gasteiger partial charge in [-0.3, -0.25) is 4.79 Å². The molecule has 0 aliphatic heterocycles. The van der Waals surface area contributed by atoms with Gasteiger partial charge in [-0.2, -0.15) is 0 Å². The summed E-state index contributed by atoms with van der Waals surface area (Å²) in [5.74, 6) is 0.207. The van der Waals surface area contributed by atoms with Crippen LogP contribution in [0.3, 0.4) is 0 Å². The van der Waals surface area contributed by atoms with Crippen LogP contribution in [-0.2, 0) is 0 Å². The Morgan fingerprint density at radius 3 is 2.39 bits per heavy atom. The summed E-state index contributed by atoms with van der Waals surface area (Å²) in [6, 6.07) is 14.2. The second-order valence-corrected chi connectivity index (χ2v) is 4.10. The summed E-state index contributed by atoms with van der Waals surface area (Å²) in [5.41, 5.74) is 2.57. The quantitative estimate of drug-likeness (QED) is 0.655. The number of aryl methyl sites for hydroxylation is 1. The maximum absolute atomic E-state index is 12.0. The summed E-state index contributed by atoms with van der Waals surface area (Å²) < 4.78 is 0. The smallest absolute Gasteiger partial charge is 0.186 e. The molecule has 0 spiro atoms. The van der Waals surface area contributed by atoms with Gasteiger partial charge in [0, 0.05) is 5.56 Å². The van der Waals surface area contributed by atoms with Gasteiger partial charge in [0.25, 0.3) is 0 Å². The average Bonchev–Trinajstić information content (AvgIpc) is 2.38. The molecule has 0 amide bonds. The van der Waals surface area contributed by atoms with E-state index in [0.29, 0.717) is 5.56 Å². The highest BCUT2D eigenvalue weighted by atomic mass is 16.3. The first-order chi connectivity index (χ1) is 8.66. The van der Waals surface area contributed by atoms with Gasteiger partial charge >= 0.3 is 0 Å². The minimum atomic E-state index is -0.0128. The number of carbonyl (C=O) groups is 1. The van der Waals surface area contributed by atoms with E-state index in [0.717, 1.165) is 11.1 Å². The maximum atomic E-state index is 12.0. The van der Waals surface area contributed by atoms with E-state index in [1.165, 1.54) is 0 Å². The first kappa shape index (κ1) is 12.1. The predicted octanol–water partition coefficient (Wildman–Crippen LogP) is 3.60. The number of hydrogen-bond donors (Lipinski definition) is 1. The Bertz CT molecular complexity index is 580. The molecule has 0 aliphatic carbocycles. The number of aromatic hydroxyl groups is 1. The molecule has 0 bridgehead atoms. The largest absolute Gasteiger partial charge is 0.508 e. The van der Waals surface area contributed by atoms with Crippen molar-refractivity contribution in [2.75, 3.05) is 0 Å². The van der Waals surface area contributed by atoms with Gasteiger partial charge in [-0.25, -0.2) is 0 Å². The van der Waals surface area contributed by atoms with Gasteiger partial charge in [-0.15, -0.1) is 0 Å². The lowest BCUT2D eigenvalue weighted by atomic mass is 10.0. The third kappa shape index (κ3) is 2.86. The molecule has 2 nitrogen and oxygen atoms in total. The van der Waals surface area contributed by atoms with E-state index in [1.54, 1.807) is 36.4 Å². The minimum Gasteiger partial charge on any atom is -0.508 e. The molecule has 2 aromatic rings. The van der Waals surface area contributed by atoms with Crippen molar-refractivity contribution in [2.24, 2.45) is 0 Å². The molecule has 18 heavy (non-hydrogen) atoms. The van der Waals surface area contributed by atoms with Crippen molar-refractivity contribution in [3.05, 3.63) is 71.3 Å². The second-order valence-electron chi connectivity index (χ2n) is 4.10. The van der Waals surface area contributed by atoms with Crippen LogP contribution < -0.4 is 0 Å². The molecular weight excluding hydrogens is 224 g/mol. The maximum Gasteiger partial charge on any atom is 0.186 e. The molecule has 0 radical (unpaired) electrons. The van der Waals surface area contributed by atoms with E-state index in [2.05, 4.69) is 0 Å². The Kier molecular flexibility index (Phi) is 3.58. The van der Waals surface area contributed by atoms with Gasteiger partial charge in [0.1, 0.15) is 5.75 Å². The molecule has 0 saturated heterocycles. The monoisotopic (exact) mass is 238 g/mol. The first-order valence-corrected chi connectivity index (χ1v) is 5.74. The third-order valence-corrected chi connectivity index (χ3v) is 2.73.